The highest BCUT2D eigenvalue weighted by atomic mass is 79.9. The molecule has 2 N–H and O–H groups in total. The van der Waals surface area contributed by atoms with Gasteiger partial charge in [-0.25, -0.2) is 8.42 Å². The maximum absolute atomic E-state index is 11.6. The Labute approximate surface area is 123 Å². The van der Waals surface area contributed by atoms with Crippen LogP contribution in [-0.4, -0.2) is 39.1 Å². The Bertz CT molecular complexity index is 560. The van der Waals surface area contributed by atoms with Crippen LogP contribution < -0.4 is 10.6 Å². The lowest BCUT2D eigenvalue weighted by molar-refractivity contribution is 0.568. The van der Waals surface area contributed by atoms with Crippen molar-refractivity contribution in [3.8, 4) is 0 Å². The molecule has 4 nitrogen and oxygen atoms in total. The molecule has 1 unspecified atom stereocenters. The predicted octanol–water partition coefficient (Wildman–Crippen LogP) is 1.57. The fourth-order valence-electron chi connectivity index (χ4n) is 2.46. The van der Waals surface area contributed by atoms with Crippen LogP contribution in [0, 0.1) is 0 Å². The molecule has 0 amide bonds. The van der Waals surface area contributed by atoms with Crippen LogP contribution in [0.4, 0.5) is 5.69 Å². The molecule has 0 bridgehead atoms. The van der Waals surface area contributed by atoms with Gasteiger partial charge in [-0.05, 0) is 37.6 Å². The molecule has 1 aromatic carbocycles. The van der Waals surface area contributed by atoms with Crippen LogP contribution in [-0.2, 0) is 16.3 Å². The predicted molar refractivity (Wildman–Crippen MR) is 82.4 cm³/mol. The van der Waals surface area contributed by atoms with E-state index in [4.69, 9.17) is 5.73 Å². The molecular weight excluding hydrogens is 328 g/mol. The van der Waals surface area contributed by atoms with Crippen molar-refractivity contribution in [3.63, 3.8) is 0 Å². The van der Waals surface area contributed by atoms with E-state index < -0.39 is 9.84 Å². The Kier molecular flexibility index (Phi) is 4.53. The summed E-state index contributed by atoms with van der Waals surface area (Å²) in [6.07, 6.45) is 0.838. The van der Waals surface area contributed by atoms with Crippen molar-refractivity contribution in [1.82, 2.24) is 0 Å². The number of hydrogen-bond donors (Lipinski definition) is 1. The molecule has 1 aliphatic heterocycles. The molecule has 2 rings (SSSR count). The summed E-state index contributed by atoms with van der Waals surface area (Å²) in [4.78, 5) is 2.15. The molecule has 1 fully saturated rings. The molecule has 1 heterocycles. The summed E-state index contributed by atoms with van der Waals surface area (Å²) in [7, 11) is -2.87. The number of nitrogens with two attached hydrogens (primary N) is 1. The van der Waals surface area contributed by atoms with Gasteiger partial charge >= 0.3 is 0 Å². The Morgan fingerprint density at radius 1 is 1.47 bits per heavy atom. The number of benzene rings is 1. The first-order valence-electron chi connectivity index (χ1n) is 6.38. The summed E-state index contributed by atoms with van der Waals surface area (Å²) < 4.78 is 24.2. The van der Waals surface area contributed by atoms with Crippen LogP contribution in [0.5, 0.6) is 0 Å². The largest absolute Gasteiger partial charge is 0.367 e. The first-order valence-corrected chi connectivity index (χ1v) is 9.00. The first-order chi connectivity index (χ1) is 8.93. The second-order valence-electron chi connectivity index (χ2n) is 4.97. The molecule has 1 aromatic rings. The van der Waals surface area contributed by atoms with Crippen molar-refractivity contribution in [1.29, 1.82) is 0 Å². The SMILES string of the molecule is CC1CS(=O)(=O)CCN1c1ccc(CCN)c(Br)c1. The molecule has 106 valence electrons. The number of anilines is 1. The topological polar surface area (TPSA) is 63.4 Å². The normalized spacial score (nSPS) is 22.5. The third-order valence-corrected chi connectivity index (χ3v) is 5.99. The van der Waals surface area contributed by atoms with Gasteiger partial charge in [0.05, 0.1) is 11.5 Å². The van der Waals surface area contributed by atoms with E-state index in [1.807, 2.05) is 13.0 Å². The van der Waals surface area contributed by atoms with Gasteiger partial charge in [0.1, 0.15) is 0 Å². The summed E-state index contributed by atoms with van der Waals surface area (Å²) >= 11 is 3.56. The van der Waals surface area contributed by atoms with Crippen LogP contribution in [0.25, 0.3) is 0 Å². The summed E-state index contributed by atoms with van der Waals surface area (Å²) in [5.41, 5.74) is 7.81. The van der Waals surface area contributed by atoms with Crippen LogP contribution in [0.2, 0.25) is 0 Å². The average molecular weight is 347 g/mol. The minimum Gasteiger partial charge on any atom is -0.367 e. The third kappa shape index (κ3) is 3.49. The highest BCUT2D eigenvalue weighted by molar-refractivity contribution is 9.10. The Balaban J connectivity index is 2.21. The Morgan fingerprint density at radius 2 is 2.21 bits per heavy atom. The standard InChI is InChI=1S/C13H19BrN2O2S/c1-10-9-19(17,18)7-6-16(10)12-3-2-11(4-5-15)13(14)8-12/h2-3,8,10H,4-7,9,15H2,1H3. The van der Waals surface area contributed by atoms with Crippen LogP contribution in [0.3, 0.4) is 0 Å². The van der Waals surface area contributed by atoms with E-state index in [0.717, 1.165) is 16.6 Å². The maximum Gasteiger partial charge on any atom is 0.154 e. The van der Waals surface area contributed by atoms with Crippen molar-refractivity contribution in [3.05, 3.63) is 28.2 Å². The van der Waals surface area contributed by atoms with Crippen LogP contribution in [0.15, 0.2) is 22.7 Å². The van der Waals surface area contributed by atoms with Gasteiger partial charge in [-0.2, -0.15) is 0 Å². The number of halogens is 1. The zero-order valence-electron chi connectivity index (χ0n) is 11.0. The molecule has 0 aromatic heterocycles. The molecule has 0 saturated carbocycles. The van der Waals surface area contributed by atoms with Crippen molar-refractivity contribution in [2.24, 2.45) is 5.73 Å². The number of rotatable bonds is 3. The van der Waals surface area contributed by atoms with Gasteiger partial charge < -0.3 is 10.6 Å². The first kappa shape index (κ1) is 14.8. The van der Waals surface area contributed by atoms with E-state index in [1.165, 1.54) is 5.56 Å². The van der Waals surface area contributed by atoms with Crippen LogP contribution in [0.1, 0.15) is 12.5 Å². The van der Waals surface area contributed by atoms with E-state index >= 15 is 0 Å². The van der Waals surface area contributed by atoms with Gasteiger partial charge in [0.2, 0.25) is 0 Å². The summed E-state index contributed by atoms with van der Waals surface area (Å²) in [5.74, 6) is 0.467. The average Bonchev–Trinajstić information content (AvgIpc) is 2.31. The van der Waals surface area contributed by atoms with E-state index in [1.54, 1.807) is 0 Å². The Hall–Kier alpha value is -0.590. The Morgan fingerprint density at radius 3 is 2.79 bits per heavy atom. The molecule has 1 atom stereocenters. The maximum atomic E-state index is 11.6. The van der Waals surface area contributed by atoms with Crippen molar-refractivity contribution in [2.45, 2.75) is 19.4 Å². The zero-order valence-corrected chi connectivity index (χ0v) is 13.4. The molecule has 19 heavy (non-hydrogen) atoms. The van der Waals surface area contributed by atoms with Gasteiger partial charge in [-0.15, -0.1) is 0 Å². The molecule has 1 saturated heterocycles. The van der Waals surface area contributed by atoms with E-state index in [2.05, 4.69) is 33.0 Å². The van der Waals surface area contributed by atoms with Gasteiger partial charge in [0.25, 0.3) is 0 Å². The number of sulfone groups is 1. The van der Waals surface area contributed by atoms with E-state index in [0.29, 0.717) is 13.1 Å². The lowest BCUT2D eigenvalue weighted by Crippen LogP contribution is -2.47. The van der Waals surface area contributed by atoms with Crippen LogP contribution >= 0.6 is 15.9 Å². The zero-order chi connectivity index (χ0) is 14.0. The summed E-state index contributed by atoms with van der Waals surface area (Å²) in [6.45, 7) is 3.14. The fourth-order valence-corrected chi connectivity index (χ4v) is 4.58. The van der Waals surface area contributed by atoms with Crippen molar-refractivity contribution in [2.75, 3.05) is 29.5 Å². The van der Waals surface area contributed by atoms with Gasteiger partial charge in [-0.3, -0.25) is 0 Å². The molecule has 1 aliphatic rings. The van der Waals surface area contributed by atoms with E-state index in [9.17, 15) is 8.42 Å². The smallest absolute Gasteiger partial charge is 0.154 e. The quantitative estimate of drug-likeness (QED) is 0.902. The summed E-state index contributed by atoms with van der Waals surface area (Å²) in [6, 6.07) is 6.18. The second-order valence-corrected chi connectivity index (χ2v) is 8.05. The number of hydrogen-bond acceptors (Lipinski definition) is 4. The molecule has 0 radical (unpaired) electrons. The van der Waals surface area contributed by atoms with Crippen molar-refractivity contribution < 1.29 is 8.42 Å². The minimum atomic E-state index is -2.87. The highest BCUT2D eigenvalue weighted by Gasteiger charge is 2.28. The monoisotopic (exact) mass is 346 g/mol. The minimum absolute atomic E-state index is 0.0195. The number of nitrogens with zero attached hydrogens (tertiary/aromatic N) is 1. The van der Waals surface area contributed by atoms with Gasteiger partial charge in [-0.1, -0.05) is 22.0 Å². The van der Waals surface area contributed by atoms with Crippen molar-refractivity contribution >= 4 is 31.5 Å². The second kappa shape index (κ2) is 5.81. The molecule has 0 aliphatic carbocycles. The third-order valence-electron chi connectivity index (χ3n) is 3.45. The lowest BCUT2D eigenvalue weighted by atomic mass is 10.1. The molecular formula is C13H19BrN2O2S. The highest BCUT2D eigenvalue weighted by Crippen LogP contribution is 2.27. The lowest BCUT2D eigenvalue weighted by Gasteiger charge is -2.35. The molecule has 6 heteroatoms. The molecule has 0 spiro atoms. The van der Waals surface area contributed by atoms with Gasteiger partial charge in [0, 0.05) is 22.7 Å². The summed E-state index contributed by atoms with van der Waals surface area (Å²) in [5, 5.41) is 0. The fraction of sp³-hybridized carbons (Fsp3) is 0.538. The van der Waals surface area contributed by atoms with Gasteiger partial charge in [0.15, 0.2) is 9.84 Å². The van der Waals surface area contributed by atoms with E-state index in [-0.39, 0.29) is 17.5 Å².